The molecule has 0 unspecified atom stereocenters. The summed E-state index contributed by atoms with van der Waals surface area (Å²) in [5, 5.41) is 3.31. The van der Waals surface area contributed by atoms with E-state index in [1.165, 1.54) is 18.1 Å². The van der Waals surface area contributed by atoms with Gasteiger partial charge in [-0.15, -0.1) is 0 Å². The summed E-state index contributed by atoms with van der Waals surface area (Å²) in [4.78, 5) is 35.7. The first-order chi connectivity index (χ1) is 18.4. The first-order valence-electron chi connectivity index (χ1n) is 11.9. The van der Waals surface area contributed by atoms with Gasteiger partial charge in [-0.3, -0.25) is 9.59 Å². The van der Waals surface area contributed by atoms with Crippen LogP contribution in [0.1, 0.15) is 29.8 Å². The topological polar surface area (TPSA) is 110 Å². The van der Waals surface area contributed by atoms with E-state index < -0.39 is 23.1 Å². The SMILES string of the molecule is COc1ccc(-c2ccc3nc(N)ncc3c2)cc1C(=O)Nc1cc(C(F)(F)F)ccc1N1CC(C)(C)C1=O. The third-order valence-electron chi connectivity index (χ3n) is 6.62. The van der Waals surface area contributed by atoms with E-state index in [0.717, 1.165) is 23.1 Å². The van der Waals surface area contributed by atoms with Gasteiger partial charge in [-0.2, -0.15) is 13.2 Å². The average molecular weight is 536 g/mol. The number of halogens is 3. The predicted octanol–water partition coefficient (Wildman–Crippen LogP) is 5.53. The molecule has 0 radical (unpaired) electrons. The van der Waals surface area contributed by atoms with Gasteiger partial charge in [0.05, 0.1) is 40.5 Å². The number of hydrogen-bond acceptors (Lipinski definition) is 6. The highest BCUT2D eigenvalue weighted by molar-refractivity contribution is 6.11. The zero-order chi connectivity index (χ0) is 28.1. The van der Waals surface area contributed by atoms with Crippen LogP contribution in [-0.2, 0) is 11.0 Å². The third kappa shape index (κ3) is 4.83. The number of nitrogen functional groups attached to an aromatic ring is 1. The molecule has 11 heteroatoms. The van der Waals surface area contributed by atoms with Crippen molar-refractivity contribution in [1.29, 1.82) is 0 Å². The molecule has 2 heterocycles. The van der Waals surface area contributed by atoms with Gasteiger partial charge in [0.15, 0.2) is 0 Å². The first-order valence-corrected chi connectivity index (χ1v) is 11.9. The van der Waals surface area contributed by atoms with Gasteiger partial charge < -0.3 is 20.7 Å². The van der Waals surface area contributed by atoms with E-state index in [9.17, 15) is 22.8 Å². The number of hydrogen-bond donors (Lipinski definition) is 2. The Balaban J connectivity index is 1.52. The van der Waals surface area contributed by atoms with Gasteiger partial charge in [0, 0.05) is 18.1 Å². The molecule has 1 aliphatic rings. The van der Waals surface area contributed by atoms with Crippen LogP contribution in [0.2, 0.25) is 0 Å². The van der Waals surface area contributed by atoms with Crippen LogP contribution in [0, 0.1) is 5.41 Å². The number of benzene rings is 3. The number of fused-ring (bicyclic) bond motifs is 1. The molecular weight excluding hydrogens is 511 g/mol. The van der Waals surface area contributed by atoms with E-state index in [1.807, 2.05) is 6.07 Å². The van der Waals surface area contributed by atoms with Crippen molar-refractivity contribution in [2.45, 2.75) is 20.0 Å². The molecule has 4 aromatic rings. The second-order valence-electron chi connectivity index (χ2n) is 9.88. The fraction of sp³-hybridized carbons (Fsp3) is 0.214. The number of nitrogens with one attached hydrogen (secondary N) is 1. The maximum absolute atomic E-state index is 13.5. The molecular formula is C28H24F3N5O3. The second-order valence-corrected chi connectivity index (χ2v) is 9.88. The van der Waals surface area contributed by atoms with Crippen LogP contribution in [0.3, 0.4) is 0 Å². The Labute approximate surface area is 221 Å². The minimum absolute atomic E-state index is 0.0993. The molecule has 39 heavy (non-hydrogen) atoms. The standard InChI is InChI=1S/C28H24F3N5O3/c1-27(2)14-36(25(27)38)22-8-6-18(28(29,30)31)12-21(22)34-24(37)19-11-16(5-9-23(19)39-3)15-4-7-20-17(10-15)13-33-26(32)35-20/h4-13H,14H2,1-3H3,(H,34,37)(H2,32,33,35). The maximum atomic E-state index is 13.5. The Hall–Kier alpha value is -4.67. The van der Waals surface area contributed by atoms with Crippen molar-refractivity contribution in [2.24, 2.45) is 5.41 Å². The molecule has 0 atom stereocenters. The van der Waals surface area contributed by atoms with E-state index in [4.69, 9.17) is 10.5 Å². The van der Waals surface area contributed by atoms with Crippen molar-refractivity contribution in [3.63, 3.8) is 0 Å². The van der Waals surface area contributed by atoms with Gasteiger partial charge >= 0.3 is 6.18 Å². The Morgan fingerprint density at radius 3 is 2.46 bits per heavy atom. The molecule has 3 aromatic carbocycles. The number of rotatable bonds is 5. The minimum atomic E-state index is -4.64. The minimum Gasteiger partial charge on any atom is -0.496 e. The molecule has 1 fully saturated rings. The smallest absolute Gasteiger partial charge is 0.416 e. The summed E-state index contributed by atoms with van der Waals surface area (Å²) in [5.74, 6) is -0.572. The molecule has 3 N–H and O–H groups in total. The van der Waals surface area contributed by atoms with Gasteiger partial charge in [0.25, 0.3) is 5.91 Å². The monoisotopic (exact) mass is 535 g/mol. The summed E-state index contributed by atoms with van der Waals surface area (Å²) >= 11 is 0. The summed E-state index contributed by atoms with van der Waals surface area (Å²) in [6.45, 7) is 3.80. The second kappa shape index (κ2) is 9.26. The fourth-order valence-electron chi connectivity index (χ4n) is 4.53. The molecule has 5 rings (SSSR count). The van der Waals surface area contributed by atoms with Crippen molar-refractivity contribution < 1.29 is 27.5 Å². The first kappa shape index (κ1) is 26.0. The zero-order valence-corrected chi connectivity index (χ0v) is 21.3. The van der Waals surface area contributed by atoms with Crippen molar-refractivity contribution in [3.8, 4) is 16.9 Å². The summed E-state index contributed by atoms with van der Waals surface area (Å²) < 4.78 is 45.9. The van der Waals surface area contributed by atoms with Crippen LogP contribution in [-0.4, -0.2) is 35.4 Å². The van der Waals surface area contributed by atoms with Gasteiger partial charge in [-0.05, 0) is 67.4 Å². The fourth-order valence-corrected chi connectivity index (χ4v) is 4.53. The molecule has 1 saturated heterocycles. The number of nitrogens with two attached hydrogens (primary N) is 1. The number of anilines is 3. The van der Waals surface area contributed by atoms with Gasteiger partial charge in [-0.25, -0.2) is 9.97 Å². The normalized spacial score (nSPS) is 14.7. The number of ether oxygens (including phenoxy) is 1. The lowest BCUT2D eigenvalue weighted by molar-refractivity contribution is -0.137. The summed E-state index contributed by atoms with van der Waals surface area (Å²) in [5.41, 5.74) is 6.27. The van der Waals surface area contributed by atoms with Gasteiger partial charge in [0.2, 0.25) is 11.9 Å². The molecule has 0 bridgehead atoms. The van der Waals surface area contributed by atoms with Crippen molar-refractivity contribution in [2.75, 3.05) is 29.6 Å². The van der Waals surface area contributed by atoms with Crippen molar-refractivity contribution in [1.82, 2.24) is 9.97 Å². The number of nitrogens with zero attached hydrogens (tertiary/aromatic N) is 3. The Bertz CT molecular complexity index is 1640. The van der Waals surface area contributed by atoms with E-state index in [2.05, 4.69) is 15.3 Å². The third-order valence-corrected chi connectivity index (χ3v) is 6.62. The maximum Gasteiger partial charge on any atom is 0.416 e. The van der Waals surface area contributed by atoms with Crippen LogP contribution in [0.4, 0.5) is 30.5 Å². The number of amides is 2. The number of carbonyl (C=O) groups is 2. The molecule has 0 aliphatic carbocycles. The lowest BCUT2D eigenvalue weighted by Crippen LogP contribution is -2.58. The summed E-state index contributed by atoms with van der Waals surface area (Å²) in [6.07, 6.45) is -3.05. The van der Waals surface area contributed by atoms with Crippen LogP contribution in [0.15, 0.2) is 60.8 Å². The average Bonchev–Trinajstić information content (AvgIpc) is 2.90. The summed E-state index contributed by atoms with van der Waals surface area (Å²) in [7, 11) is 1.39. The number of methoxy groups -OCH3 is 1. The van der Waals surface area contributed by atoms with E-state index in [-0.39, 0.29) is 34.5 Å². The quantitative estimate of drug-likeness (QED) is 0.325. The zero-order valence-electron chi connectivity index (χ0n) is 21.3. The Kier molecular flexibility index (Phi) is 6.16. The number of alkyl halides is 3. The van der Waals surface area contributed by atoms with Gasteiger partial charge in [-0.1, -0.05) is 12.1 Å². The highest BCUT2D eigenvalue weighted by Gasteiger charge is 2.46. The Morgan fingerprint density at radius 1 is 1.08 bits per heavy atom. The molecule has 1 aliphatic heterocycles. The van der Waals surface area contributed by atoms with Crippen molar-refractivity contribution in [3.05, 3.63) is 71.9 Å². The summed E-state index contributed by atoms with van der Waals surface area (Å²) in [6, 6.07) is 13.3. The highest BCUT2D eigenvalue weighted by Crippen LogP contribution is 2.42. The molecule has 1 aromatic heterocycles. The lowest BCUT2D eigenvalue weighted by atomic mass is 9.82. The number of aromatic nitrogens is 2. The lowest BCUT2D eigenvalue weighted by Gasteiger charge is -2.45. The predicted molar refractivity (Wildman–Crippen MR) is 141 cm³/mol. The van der Waals surface area contributed by atoms with Crippen LogP contribution in [0.25, 0.3) is 22.0 Å². The van der Waals surface area contributed by atoms with Crippen LogP contribution >= 0.6 is 0 Å². The highest BCUT2D eigenvalue weighted by atomic mass is 19.4. The Morgan fingerprint density at radius 2 is 1.79 bits per heavy atom. The largest absolute Gasteiger partial charge is 0.496 e. The molecule has 2 amide bonds. The van der Waals surface area contributed by atoms with E-state index in [0.29, 0.717) is 17.6 Å². The van der Waals surface area contributed by atoms with Gasteiger partial charge in [0.1, 0.15) is 5.75 Å². The molecule has 200 valence electrons. The van der Waals surface area contributed by atoms with E-state index in [1.54, 1.807) is 50.4 Å². The van der Waals surface area contributed by atoms with E-state index >= 15 is 0 Å². The van der Waals surface area contributed by atoms with Crippen LogP contribution in [0.5, 0.6) is 5.75 Å². The van der Waals surface area contributed by atoms with Crippen molar-refractivity contribution >= 4 is 40.0 Å². The number of carbonyl (C=O) groups excluding carboxylic acids is 2. The van der Waals surface area contributed by atoms with Crippen LogP contribution < -0.4 is 20.7 Å². The number of β-lactam (4-membered cyclic amide) rings is 1. The molecule has 0 spiro atoms. The molecule has 8 nitrogen and oxygen atoms in total. The molecule has 0 saturated carbocycles.